The van der Waals surface area contributed by atoms with Crippen molar-refractivity contribution in [3.63, 3.8) is 0 Å². The molecule has 0 fully saturated rings. The smallest absolute Gasteiger partial charge is 0.234 e. The van der Waals surface area contributed by atoms with Crippen molar-refractivity contribution in [2.24, 2.45) is 7.05 Å². The van der Waals surface area contributed by atoms with Crippen LogP contribution in [0.3, 0.4) is 0 Å². The van der Waals surface area contributed by atoms with Crippen molar-refractivity contribution in [1.29, 1.82) is 0 Å². The molecule has 2 aromatic rings. The predicted octanol–water partition coefficient (Wildman–Crippen LogP) is 2.72. The summed E-state index contributed by atoms with van der Waals surface area (Å²) in [6.07, 6.45) is 0. The Balaban J connectivity index is 2.02. The Morgan fingerprint density at radius 1 is 1.43 bits per heavy atom. The topological polar surface area (TPSA) is 50.2 Å². The number of aromatic nitrogens is 2. The van der Waals surface area contributed by atoms with Gasteiger partial charge in [-0.2, -0.15) is 0 Å². The minimum Gasteiger partial charge on any atom is -0.353 e. The average molecular weight is 334 g/mol. The molecule has 0 bridgehead atoms. The molecule has 0 radical (unpaired) electrons. The summed E-state index contributed by atoms with van der Waals surface area (Å²) in [4.78, 5) is 18.5. The second-order valence-corrected chi connectivity index (χ2v) is 7.31. The van der Waals surface area contributed by atoms with E-state index in [0.717, 1.165) is 10.7 Å². The lowest BCUT2D eigenvalue weighted by molar-refractivity contribution is -0.122. The largest absolute Gasteiger partial charge is 0.353 e. The maximum absolute atomic E-state index is 11.8. The number of hydrogen-bond donors (Lipinski definition) is 1. The number of hydrogen-bond acceptors (Lipinski definition) is 4. The fourth-order valence-electron chi connectivity index (χ4n) is 2.52. The van der Waals surface area contributed by atoms with Gasteiger partial charge in [-0.15, -0.1) is 11.3 Å². The molecule has 0 aromatic carbocycles. The number of likely N-dealkylation sites (N-methyl/N-ethyl adjacent to an activating group) is 1. The Bertz CT molecular complexity index is 687. The first-order valence-corrected chi connectivity index (χ1v) is 8.71. The molecule has 0 aliphatic carbocycles. The molecule has 5 nitrogen and oxygen atoms in total. The average Bonchev–Trinajstić information content (AvgIpc) is 2.98. The van der Waals surface area contributed by atoms with Crippen LogP contribution in [0.15, 0.2) is 11.4 Å². The number of carbonyl (C=O) groups is 1. The fraction of sp³-hybridized carbons (Fsp3) is 0.529. The highest BCUT2D eigenvalue weighted by molar-refractivity contribution is 7.09. The number of amides is 1. The van der Waals surface area contributed by atoms with Crippen molar-refractivity contribution in [3.8, 4) is 11.3 Å². The van der Waals surface area contributed by atoms with Gasteiger partial charge in [-0.1, -0.05) is 0 Å². The van der Waals surface area contributed by atoms with Crippen molar-refractivity contribution < 1.29 is 4.79 Å². The van der Waals surface area contributed by atoms with Crippen molar-refractivity contribution in [2.45, 2.75) is 40.3 Å². The lowest BCUT2D eigenvalue weighted by Gasteiger charge is -2.16. The van der Waals surface area contributed by atoms with E-state index in [2.05, 4.69) is 42.2 Å². The van der Waals surface area contributed by atoms with Crippen LogP contribution in [0.4, 0.5) is 0 Å². The van der Waals surface area contributed by atoms with Gasteiger partial charge in [-0.05, 0) is 40.8 Å². The summed E-state index contributed by atoms with van der Waals surface area (Å²) in [6.45, 7) is 9.22. The minimum absolute atomic E-state index is 0.0498. The predicted molar refractivity (Wildman–Crippen MR) is 95.6 cm³/mol. The van der Waals surface area contributed by atoms with Crippen molar-refractivity contribution in [3.05, 3.63) is 27.8 Å². The van der Waals surface area contributed by atoms with E-state index in [-0.39, 0.29) is 11.9 Å². The maximum atomic E-state index is 11.8. The van der Waals surface area contributed by atoms with E-state index in [1.165, 1.54) is 17.0 Å². The summed E-state index contributed by atoms with van der Waals surface area (Å²) < 4.78 is 2.18. The maximum Gasteiger partial charge on any atom is 0.234 e. The summed E-state index contributed by atoms with van der Waals surface area (Å²) in [6, 6.07) is 2.35. The third kappa shape index (κ3) is 4.42. The summed E-state index contributed by atoms with van der Waals surface area (Å²) in [5.41, 5.74) is 4.66. The van der Waals surface area contributed by atoms with Gasteiger partial charge in [0.05, 0.1) is 18.8 Å². The number of aryl methyl sites for hydroxylation is 1. The van der Waals surface area contributed by atoms with E-state index in [0.29, 0.717) is 13.1 Å². The molecule has 0 unspecified atom stereocenters. The fourth-order valence-corrected chi connectivity index (χ4v) is 3.39. The Morgan fingerprint density at radius 3 is 2.70 bits per heavy atom. The molecular weight excluding hydrogens is 308 g/mol. The standard InChI is InChI=1S/C17H26N4OS/c1-11(2)18-16(22)8-20(5)9-17-19-15(10-23-17)14-7-12(3)21(6)13(14)4/h7,10-11H,8-9H2,1-6H3,(H,18,22). The normalized spacial score (nSPS) is 11.5. The zero-order valence-corrected chi connectivity index (χ0v) is 15.6. The monoisotopic (exact) mass is 334 g/mol. The van der Waals surface area contributed by atoms with E-state index >= 15 is 0 Å². The highest BCUT2D eigenvalue weighted by Crippen LogP contribution is 2.27. The highest BCUT2D eigenvalue weighted by atomic mass is 32.1. The van der Waals surface area contributed by atoms with Crippen LogP contribution in [-0.2, 0) is 18.4 Å². The van der Waals surface area contributed by atoms with Crippen LogP contribution in [0.2, 0.25) is 0 Å². The molecule has 0 aliphatic rings. The molecule has 0 saturated heterocycles. The lowest BCUT2D eigenvalue weighted by Crippen LogP contribution is -2.38. The SMILES string of the molecule is Cc1cc(-c2csc(CN(C)CC(=O)NC(C)C)n2)c(C)n1C. The van der Waals surface area contributed by atoms with Gasteiger partial charge >= 0.3 is 0 Å². The first kappa shape index (κ1) is 17.7. The van der Waals surface area contributed by atoms with Crippen LogP contribution in [0.25, 0.3) is 11.3 Å². The van der Waals surface area contributed by atoms with E-state index < -0.39 is 0 Å². The molecule has 1 amide bonds. The minimum atomic E-state index is 0.0498. The Kier molecular flexibility index (Phi) is 5.59. The molecule has 1 N–H and O–H groups in total. The van der Waals surface area contributed by atoms with Gasteiger partial charge in [-0.25, -0.2) is 4.98 Å². The second kappa shape index (κ2) is 7.27. The van der Waals surface area contributed by atoms with Crippen LogP contribution in [0.5, 0.6) is 0 Å². The first-order valence-electron chi connectivity index (χ1n) is 7.83. The number of nitrogens with zero attached hydrogens (tertiary/aromatic N) is 3. The van der Waals surface area contributed by atoms with Gasteiger partial charge in [0.25, 0.3) is 0 Å². The van der Waals surface area contributed by atoms with Gasteiger partial charge in [0.2, 0.25) is 5.91 Å². The van der Waals surface area contributed by atoms with Crippen LogP contribution < -0.4 is 5.32 Å². The van der Waals surface area contributed by atoms with Gasteiger partial charge < -0.3 is 9.88 Å². The van der Waals surface area contributed by atoms with Crippen molar-refractivity contribution in [2.75, 3.05) is 13.6 Å². The molecule has 0 aliphatic heterocycles. The molecule has 2 heterocycles. The second-order valence-electron chi connectivity index (χ2n) is 6.36. The molecule has 0 spiro atoms. The van der Waals surface area contributed by atoms with E-state index in [9.17, 15) is 4.79 Å². The van der Waals surface area contributed by atoms with Crippen LogP contribution >= 0.6 is 11.3 Å². The van der Waals surface area contributed by atoms with Gasteiger partial charge in [0, 0.05) is 35.4 Å². The number of rotatable bonds is 6. The zero-order chi connectivity index (χ0) is 17.1. The molecule has 2 rings (SSSR count). The number of thiazole rings is 1. The third-order valence-corrected chi connectivity index (χ3v) is 4.70. The van der Waals surface area contributed by atoms with E-state index in [1.807, 2.05) is 25.8 Å². The molecule has 2 aromatic heterocycles. The summed E-state index contributed by atoms with van der Waals surface area (Å²) in [5.74, 6) is 0.0498. The van der Waals surface area contributed by atoms with E-state index in [1.54, 1.807) is 11.3 Å². The number of nitrogens with one attached hydrogen (secondary N) is 1. The Hall–Kier alpha value is -1.66. The quantitative estimate of drug-likeness (QED) is 0.884. The van der Waals surface area contributed by atoms with Crippen molar-refractivity contribution >= 4 is 17.2 Å². The first-order chi connectivity index (χ1) is 10.8. The summed E-state index contributed by atoms with van der Waals surface area (Å²) >= 11 is 1.64. The van der Waals surface area contributed by atoms with Gasteiger partial charge in [-0.3, -0.25) is 9.69 Å². The van der Waals surface area contributed by atoms with Crippen LogP contribution in [0.1, 0.15) is 30.2 Å². The lowest BCUT2D eigenvalue weighted by atomic mass is 10.2. The molecule has 0 saturated carbocycles. The summed E-state index contributed by atoms with van der Waals surface area (Å²) in [5, 5.41) is 6.03. The van der Waals surface area contributed by atoms with Gasteiger partial charge in [0.15, 0.2) is 0 Å². The molecule has 6 heteroatoms. The number of carbonyl (C=O) groups excluding carboxylic acids is 1. The Labute approximate surface area is 142 Å². The van der Waals surface area contributed by atoms with E-state index in [4.69, 9.17) is 4.98 Å². The zero-order valence-electron chi connectivity index (χ0n) is 14.8. The summed E-state index contributed by atoms with van der Waals surface area (Å²) in [7, 11) is 4.02. The van der Waals surface area contributed by atoms with Crippen LogP contribution in [0, 0.1) is 13.8 Å². The van der Waals surface area contributed by atoms with Gasteiger partial charge in [0.1, 0.15) is 5.01 Å². The van der Waals surface area contributed by atoms with Crippen LogP contribution in [-0.4, -0.2) is 40.0 Å². The van der Waals surface area contributed by atoms with Crippen molar-refractivity contribution in [1.82, 2.24) is 19.8 Å². The third-order valence-electron chi connectivity index (χ3n) is 3.87. The highest BCUT2D eigenvalue weighted by Gasteiger charge is 2.14. The molecular formula is C17H26N4OS. The Morgan fingerprint density at radius 2 is 2.13 bits per heavy atom. The molecule has 126 valence electrons. The molecule has 23 heavy (non-hydrogen) atoms. The molecule has 0 atom stereocenters.